The Morgan fingerprint density at radius 3 is 1.89 bits per heavy atom. The summed E-state index contributed by atoms with van der Waals surface area (Å²) in [7, 11) is 0. The third-order valence-electron chi connectivity index (χ3n) is 4.06. The van der Waals surface area contributed by atoms with Crippen LogP contribution >= 0.6 is 0 Å². The van der Waals surface area contributed by atoms with E-state index in [1.807, 2.05) is 43.3 Å². The van der Waals surface area contributed by atoms with Gasteiger partial charge in [0.1, 0.15) is 0 Å². The maximum Gasteiger partial charge on any atom is 0.193 e. The highest BCUT2D eigenvalue weighted by Crippen LogP contribution is 2.36. The SMILES string of the molecule is Cc1ccc(C(=O)c2ccc(C3CCC3)cc2)cc1. The number of benzene rings is 2. The van der Waals surface area contributed by atoms with Crippen LogP contribution in [0.3, 0.4) is 0 Å². The maximum atomic E-state index is 12.3. The second-order valence-electron chi connectivity index (χ2n) is 5.44. The molecule has 1 fully saturated rings. The molecule has 96 valence electrons. The van der Waals surface area contributed by atoms with Gasteiger partial charge in [-0.3, -0.25) is 4.79 Å². The summed E-state index contributed by atoms with van der Waals surface area (Å²) in [5.74, 6) is 0.837. The van der Waals surface area contributed by atoms with Crippen molar-refractivity contribution in [2.75, 3.05) is 0 Å². The first-order valence-corrected chi connectivity index (χ1v) is 6.95. The van der Waals surface area contributed by atoms with Crippen LogP contribution in [0.4, 0.5) is 0 Å². The Labute approximate surface area is 114 Å². The van der Waals surface area contributed by atoms with Crippen LogP contribution in [0.5, 0.6) is 0 Å². The minimum Gasteiger partial charge on any atom is -0.289 e. The summed E-state index contributed by atoms with van der Waals surface area (Å²) >= 11 is 0. The summed E-state index contributed by atoms with van der Waals surface area (Å²) in [5.41, 5.74) is 4.11. The van der Waals surface area contributed by atoms with Crippen LogP contribution in [0.25, 0.3) is 0 Å². The van der Waals surface area contributed by atoms with Crippen LogP contribution in [0.15, 0.2) is 48.5 Å². The Bertz CT molecular complexity index is 574. The van der Waals surface area contributed by atoms with Crippen LogP contribution in [-0.2, 0) is 0 Å². The van der Waals surface area contributed by atoms with E-state index in [1.54, 1.807) is 0 Å². The van der Waals surface area contributed by atoms with E-state index >= 15 is 0 Å². The van der Waals surface area contributed by atoms with Gasteiger partial charge in [-0.1, -0.05) is 60.5 Å². The molecular weight excluding hydrogens is 232 g/mol. The van der Waals surface area contributed by atoms with E-state index in [0.717, 1.165) is 17.0 Å². The molecule has 1 aliphatic carbocycles. The summed E-state index contributed by atoms with van der Waals surface area (Å²) in [4.78, 5) is 12.3. The standard InChI is InChI=1S/C18H18O/c1-13-5-7-16(8-6-13)18(19)17-11-9-15(10-12-17)14-3-2-4-14/h5-12,14H,2-4H2,1H3. The lowest BCUT2D eigenvalue weighted by molar-refractivity contribution is 0.103. The lowest BCUT2D eigenvalue weighted by atomic mass is 9.80. The Hall–Kier alpha value is -1.89. The summed E-state index contributed by atoms with van der Waals surface area (Å²) in [6.07, 6.45) is 3.94. The number of carbonyl (C=O) groups excluding carboxylic acids is 1. The molecule has 0 radical (unpaired) electrons. The molecule has 0 bridgehead atoms. The van der Waals surface area contributed by atoms with Gasteiger partial charge in [0.25, 0.3) is 0 Å². The largest absolute Gasteiger partial charge is 0.289 e. The van der Waals surface area contributed by atoms with Gasteiger partial charge in [-0.05, 0) is 31.2 Å². The lowest BCUT2D eigenvalue weighted by Gasteiger charge is -2.25. The van der Waals surface area contributed by atoms with Crippen molar-refractivity contribution < 1.29 is 4.79 Å². The van der Waals surface area contributed by atoms with Gasteiger partial charge in [-0.15, -0.1) is 0 Å². The molecule has 0 spiro atoms. The highest BCUT2D eigenvalue weighted by Gasteiger charge is 2.19. The molecule has 0 saturated heterocycles. The summed E-state index contributed by atoms with van der Waals surface area (Å²) < 4.78 is 0. The third kappa shape index (κ3) is 2.46. The molecular formula is C18H18O. The Kier molecular flexibility index (Phi) is 3.20. The first kappa shape index (κ1) is 12.2. The highest BCUT2D eigenvalue weighted by atomic mass is 16.1. The molecule has 0 N–H and O–H groups in total. The average Bonchev–Trinajstić information content (AvgIpc) is 2.38. The summed E-state index contributed by atoms with van der Waals surface area (Å²) in [6.45, 7) is 2.03. The van der Waals surface area contributed by atoms with Crippen LogP contribution in [0.1, 0.15) is 52.2 Å². The van der Waals surface area contributed by atoms with Crippen molar-refractivity contribution >= 4 is 5.78 Å². The van der Waals surface area contributed by atoms with Crippen molar-refractivity contribution in [2.24, 2.45) is 0 Å². The number of carbonyl (C=O) groups is 1. The van der Waals surface area contributed by atoms with E-state index < -0.39 is 0 Å². The fourth-order valence-corrected chi connectivity index (χ4v) is 2.52. The fraction of sp³-hybridized carbons (Fsp3) is 0.278. The predicted molar refractivity (Wildman–Crippen MR) is 77.6 cm³/mol. The first-order chi connectivity index (χ1) is 9.24. The van der Waals surface area contributed by atoms with Crippen LogP contribution in [0.2, 0.25) is 0 Å². The van der Waals surface area contributed by atoms with Gasteiger partial charge in [0.05, 0.1) is 0 Å². The van der Waals surface area contributed by atoms with Crippen molar-refractivity contribution in [3.05, 3.63) is 70.8 Å². The van der Waals surface area contributed by atoms with Crippen LogP contribution in [-0.4, -0.2) is 5.78 Å². The van der Waals surface area contributed by atoms with Crippen molar-refractivity contribution in [1.29, 1.82) is 0 Å². The zero-order chi connectivity index (χ0) is 13.2. The third-order valence-corrected chi connectivity index (χ3v) is 4.06. The molecule has 2 aromatic rings. The Balaban J connectivity index is 1.81. The first-order valence-electron chi connectivity index (χ1n) is 6.95. The quantitative estimate of drug-likeness (QED) is 0.733. The molecule has 0 heterocycles. The molecule has 19 heavy (non-hydrogen) atoms. The number of hydrogen-bond donors (Lipinski definition) is 0. The van der Waals surface area contributed by atoms with Gasteiger partial charge in [0.15, 0.2) is 5.78 Å². The number of hydrogen-bond acceptors (Lipinski definition) is 1. The zero-order valence-electron chi connectivity index (χ0n) is 11.2. The Morgan fingerprint density at radius 2 is 1.42 bits per heavy atom. The van der Waals surface area contributed by atoms with Gasteiger partial charge in [-0.25, -0.2) is 0 Å². The van der Waals surface area contributed by atoms with Crippen molar-refractivity contribution in [3.63, 3.8) is 0 Å². The molecule has 0 amide bonds. The van der Waals surface area contributed by atoms with Gasteiger partial charge in [0, 0.05) is 11.1 Å². The molecule has 3 rings (SSSR count). The van der Waals surface area contributed by atoms with Gasteiger partial charge in [-0.2, -0.15) is 0 Å². The van der Waals surface area contributed by atoms with Crippen molar-refractivity contribution in [1.82, 2.24) is 0 Å². The van der Waals surface area contributed by atoms with Crippen molar-refractivity contribution in [3.8, 4) is 0 Å². The van der Waals surface area contributed by atoms with E-state index in [4.69, 9.17) is 0 Å². The topological polar surface area (TPSA) is 17.1 Å². The molecule has 2 aromatic carbocycles. The minimum atomic E-state index is 0.111. The normalized spacial score (nSPS) is 15.0. The summed E-state index contributed by atoms with van der Waals surface area (Å²) in [6, 6.07) is 15.9. The molecule has 1 nitrogen and oxygen atoms in total. The van der Waals surface area contributed by atoms with Gasteiger partial charge < -0.3 is 0 Å². The second kappa shape index (κ2) is 5.00. The fourth-order valence-electron chi connectivity index (χ4n) is 2.52. The highest BCUT2D eigenvalue weighted by molar-refractivity contribution is 6.08. The molecule has 1 aliphatic rings. The molecule has 0 unspecified atom stereocenters. The molecule has 0 aromatic heterocycles. The number of aryl methyl sites for hydroxylation is 1. The zero-order valence-corrected chi connectivity index (χ0v) is 11.2. The summed E-state index contributed by atoms with van der Waals surface area (Å²) in [5, 5.41) is 0. The van der Waals surface area contributed by atoms with Gasteiger partial charge >= 0.3 is 0 Å². The number of rotatable bonds is 3. The lowest BCUT2D eigenvalue weighted by Crippen LogP contribution is -2.09. The Morgan fingerprint density at radius 1 is 0.895 bits per heavy atom. The average molecular weight is 250 g/mol. The predicted octanol–water partition coefficient (Wildman–Crippen LogP) is 4.49. The van der Waals surface area contributed by atoms with Crippen LogP contribution < -0.4 is 0 Å². The molecule has 1 saturated carbocycles. The second-order valence-corrected chi connectivity index (χ2v) is 5.44. The smallest absolute Gasteiger partial charge is 0.193 e. The van der Waals surface area contributed by atoms with Gasteiger partial charge in [0.2, 0.25) is 0 Å². The van der Waals surface area contributed by atoms with Crippen LogP contribution in [0, 0.1) is 6.92 Å². The molecule has 0 aliphatic heterocycles. The minimum absolute atomic E-state index is 0.111. The molecule has 0 atom stereocenters. The van der Waals surface area contributed by atoms with E-state index in [9.17, 15) is 4.79 Å². The van der Waals surface area contributed by atoms with E-state index in [2.05, 4.69) is 12.1 Å². The van der Waals surface area contributed by atoms with E-state index in [1.165, 1.54) is 30.4 Å². The van der Waals surface area contributed by atoms with E-state index in [-0.39, 0.29) is 5.78 Å². The van der Waals surface area contributed by atoms with Crippen molar-refractivity contribution in [2.45, 2.75) is 32.1 Å². The monoisotopic (exact) mass is 250 g/mol. The molecule has 1 heteroatoms. The maximum absolute atomic E-state index is 12.3. The van der Waals surface area contributed by atoms with E-state index in [0.29, 0.717) is 0 Å². The number of ketones is 1.